The average molecular weight is 260 g/mol. The minimum absolute atomic E-state index is 0.238. The Bertz CT molecular complexity index is 423. The summed E-state index contributed by atoms with van der Waals surface area (Å²) >= 11 is 0. The molecule has 0 radical (unpaired) electrons. The summed E-state index contributed by atoms with van der Waals surface area (Å²) in [5.74, 6) is 1.64. The quantitative estimate of drug-likeness (QED) is 0.899. The maximum absolute atomic E-state index is 5.88. The van der Waals surface area contributed by atoms with E-state index in [1.807, 2.05) is 0 Å². The van der Waals surface area contributed by atoms with Gasteiger partial charge < -0.3 is 10.6 Å². The molecule has 1 heterocycles. The minimum atomic E-state index is 0.238. The Morgan fingerprint density at radius 2 is 2.05 bits per heavy atom. The van der Waals surface area contributed by atoms with Crippen molar-refractivity contribution in [1.82, 2.24) is 0 Å². The van der Waals surface area contributed by atoms with Gasteiger partial charge in [-0.15, -0.1) is 0 Å². The number of nitrogens with zero attached hydrogens (tertiary/aromatic N) is 1. The van der Waals surface area contributed by atoms with Crippen LogP contribution < -0.4 is 10.6 Å². The predicted octanol–water partition coefficient (Wildman–Crippen LogP) is 3.37. The number of hydrogen-bond acceptors (Lipinski definition) is 2. The Morgan fingerprint density at radius 3 is 2.58 bits per heavy atom. The van der Waals surface area contributed by atoms with Gasteiger partial charge in [-0.2, -0.15) is 0 Å². The molecule has 1 aromatic carbocycles. The van der Waals surface area contributed by atoms with Gasteiger partial charge in [0.15, 0.2) is 0 Å². The van der Waals surface area contributed by atoms with Gasteiger partial charge >= 0.3 is 0 Å². The Labute approximate surface area is 118 Å². The molecule has 0 aromatic heterocycles. The molecule has 2 rings (SSSR count). The third kappa shape index (κ3) is 3.50. The van der Waals surface area contributed by atoms with Crippen molar-refractivity contribution in [3.05, 3.63) is 29.3 Å². The normalized spacial score (nSPS) is 21.2. The largest absolute Gasteiger partial charge is 0.371 e. The van der Waals surface area contributed by atoms with Crippen LogP contribution in [0.1, 0.15) is 38.3 Å². The molecule has 0 amide bonds. The summed E-state index contributed by atoms with van der Waals surface area (Å²) in [5.41, 5.74) is 10.0. The summed E-state index contributed by atoms with van der Waals surface area (Å²) in [5, 5.41) is 0. The maximum Gasteiger partial charge on any atom is 0.0396 e. The van der Waals surface area contributed by atoms with Crippen molar-refractivity contribution < 1.29 is 0 Å². The van der Waals surface area contributed by atoms with Gasteiger partial charge in [0.05, 0.1) is 0 Å². The highest BCUT2D eigenvalue weighted by atomic mass is 15.2. The van der Waals surface area contributed by atoms with Gasteiger partial charge in [-0.25, -0.2) is 0 Å². The van der Waals surface area contributed by atoms with Crippen molar-refractivity contribution in [3.8, 4) is 0 Å². The minimum Gasteiger partial charge on any atom is -0.371 e. The first-order valence-corrected chi connectivity index (χ1v) is 7.57. The maximum atomic E-state index is 5.88. The number of rotatable bonds is 4. The van der Waals surface area contributed by atoms with Crippen molar-refractivity contribution in [1.29, 1.82) is 0 Å². The lowest BCUT2D eigenvalue weighted by Crippen LogP contribution is -2.22. The van der Waals surface area contributed by atoms with E-state index >= 15 is 0 Å². The van der Waals surface area contributed by atoms with E-state index in [2.05, 4.69) is 50.8 Å². The zero-order valence-corrected chi connectivity index (χ0v) is 12.8. The molecule has 1 saturated heterocycles. The lowest BCUT2D eigenvalue weighted by molar-refractivity contribution is 0.422. The van der Waals surface area contributed by atoms with Gasteiger partial charge in [0, 0.05) is 24.8 Å². The average Bonchev–Trinajstić information content (AvgIpc) is 2.77. The van der Waals surface area contributed by atoms with Crippen LogP contribution in [-0.4, -0.2) is 19.1 Å². The van der Waals surface area contributed by atoms with Crippen molar-refractivity contribution in [2.45, 2.75) is 46.6 Å². The number of benzene rings is 1. The molecular weight excluding hydrogens is 232 g/mol. The van der Waals surface area contributed by atoms with Gasteiger partial charge in [-0.1, -0.05) is 26.0 Å². The summed E-state index contributed by atoms with van der Waals surface area (Å²) in [4.78, 5) is 2.55. The van der Waals surface area contributed by atoms with Gasteiger partial charge in [-0.3, -0.25) is 0 Å². The first-order chi connectivity index (χ1) is 8.97. The third-order valence-corrected chi connectivity index (χ3v) is 4.33. The predicted molar refractivity (Wildman–Crippen MR) is 83.7 cm³/mol. The molecule has 1 aliphatic heterocycles. The van der Waals surface area contributed by atoms with Crippen LogP contribution in [0, 0.1) is 18.8 Å². The van der Waals surface area contributed by atoms with E-state index < -0.39 is 0 Å². The summed E-state index contributed by atoms with van der Waals surface area (Å²) in [6, 6.07) is 7.08. The van der Waals surface area contributed by atoms with Crippen LogP contribution >= 0.6 is 0 Å². The van der Waals surface area contributed by atoms with E-state index in [1.54, 1.807) is 0 Å². The van der Waals surface area contributed by atoms with E-state index in [0.29, 0.717) is 0 Å². The Kier molecular flexibility index (Phi) is 4.51. The summed E-state index contributed by atoms with van der Waals surface area (Å²) < 4.78 is 0. The molecule has 106 valence electrons. The Morgan fingerprint density at radius 1 is 1.32 bits per heavy atom. The van der Waals surface area contributed by atoms with E-state index in [0.717, 1.165) is 18.3 Å². The lowest BCUT2D eigenvalue weighted by Gasteiger charge is -2.22. The van der Waals surface area contributed by atoms with Crippen LogP contribution in [0.4, 0.5) is 5.69 Å². The molecule has 2 heteroatoms. The van der Waals surface area contributed by atoms with Crippen LogP contribution in [0.15, 0.2) is 18.2 Å². The van der Waals surface area contributed by atoms with Crippen LogP contribution in [0.3, 0.4) is 0 Å². The molecule has 0 aliphatic carbocycles. The third-order valence-electron chi connectivity index (χ3n) is 4.33. The van der Waals surface area contributed by atoms with Crippen LogP contribution in [0.25, 0.3) is 0 Å². The van der Waals surface area contributed by atoms with Crippen molar-refractivity contribution in [2.24, 2.45) is 17.6 Å². The number of anilines is 1. The summed E-state index contributed by atoms with van der Waals surface area (Å²) in [6.45, 7) is 11.4. The molecule has 1 fully saturated rings. The standard InChI is InChI=1S/C17H28N2/c1-12(2)16-7-8-19(11-16)17-6-5-15(9-13(17)3)10-14(4)18/h5-6,9,12,14,16H,7-8,10-11,18H2,1-4H3. The molecule has 0 bridgehead atoms. The molecule has 2 N–H and O–H groups in total. The van der Waals surface area contributed by atoms with E-state index in [-0.39, 0.29) is 6.04 Å². The lowest BCUT2D eigenvalue weighted by atomic mass is 9.95. The second-order valence-corrected chi connectivity index (χ2v) is 6.54. The Balaban J connectivity index is 2.09. The molecule has 2 atom stereocenters. The van der Waals surface area contributed by atoms with Crippen molar-refractivity contribution in [3.63, 3.8) is 0 Å². The second-order valence-electron chi connectivity index (χ2n) is 6.54. The fraction of sp³-hybridized carbons (Fsp3) is 0.647. The van der Waals surface area contributed by atoms with Crippen molar-refractivity contribution >= 4 is 5.69 Å². The van der Waals surface area contributed by atoms with Crippen LogP contribution in [0.5, 0.6) is 0 Å². The van der Waals surface area contributed by atoms with Gasteiger partial charge in [0.25, 0.3) is 0 Å². The monoisotopic (exact) mass is 260 g/mol. The molecule has 1 aromatic rings. The second kappa shape index (κ2) is 5.96. The highest BCUT2D eigenvalue weighted by Gasteiger charge is 2.25. The molecule has 2 unspecified atom stereocenters. The first kappa shape index (κ1) is 14.4. The smallest absolute Gasteiger partial charge is 0.0396 e. The highest BCUT2D eigenvalue weighted by Crippen LogP contribution is 2.30. The molecule has 0 spiro atoms. The van der Waals surface area contributed by atoms with Crippen LogP contribution in [0.2, 0.25) is 0 Å². The van der Waals surface area contributed by atoms with Crippen LogP contribution in [-0.2, 0) is 6.42 Å². The molecule has 2 nitrogen and oxygen atoms in total. The molecule has 0 saturated carbocycles. The Hall–Kier alpha value is -1.02. The molecule has 1 aliphatic rings. The van der Waals surface area contributed by atoms with Crippen molar-refractivity contribution in [2.75, 3.05) is 18.0 Å². The van der Waals surface area contributed by atoms with Gasteiger partial charge in [0.2, 0.25) is 0 Å². The van der Waals surface area contributed by atoms with Gasteiger partial charge in [-0.05, 0) is 55.7 Å². The summed E-state index contributed by atoms with van der Waals surface area (Å²) in [7, 11) is 0. The zero-order chi connectivity index (χ0) is 14.0. The number of hydrogen-bond donors (Lipinski definition) is 1. The SMILES string of the molecule is Cc1cc(CC(C)N)ccc1N1CCC(C(C)C)C1. The zero-order valence-electron chi connectivity index (χ0n) is 12.8. The molecular formula is C17H28N2. The first-order valence-electron chi connectivity index (χ1n) is 7.57. The number of aryl methyl sites for hydroxylation is 1. The van der Waals surface area contributed by atoms with Gasteiger partial charge in [0.1, 0.15) is 0 Å². The fourth-order valence-electron chi connectivity index (χ4n) is 3.12. The summed E-state index contributed by atoms with van der Waals surface area (Å²) in [6.07, 6.45) is 2.30. The number of nitrogens with two attached hydrogens (primary N) is 1. The topological polar surface area (TPSA) is 29.3 Å². The van der Waals surface area contributed by atoms with E-state index in [9.17, 15) is 0 Å². The van der Waals surface area contributed by atoms with E-state index in [4.69, 9.17) is 5.73 Å². The fourth-order valence-corrected chi connectivity index (χ4v) is 3.12. The molecule has 19 heavy (non-hydrogen) atoms. The van der Waals surface area contributed by atoms with E-state index in [1.165, 1.54) is 36.3 Å². The highest BCUT2D eigenvalue weighted by molar-refractivity contribution is 5.55.